The van der Waals surface area contributed by atoms with Gasteiger partial charge in [0.05, 0.1) is 14.2 Å². The van der Waals surface area contributed by atoms with E-state index in [4.69, 9.17) is 15.2 Å². The van der Waals surface area contributed by atoms with Crippen molar-refractivity contribution in [1.82, 2.24) is 0 Å². The molecule has 1 aliphatic carbocycles. The third-order valence-electron chi connectivity index (χ3n) is 3.43. The lowest BCUT2D eigenvalue weighted by Crippen LogP contribution is -2.02. The van der Waals surface area contributed by atoms with Crippen LogP contribution in [0.1, 0.15) is 23.5 Å². The minimum atomic E-state index is 0.591. The quantitative estimate of drug-likeness (QED) is 0.846. The number of hydrogen-bond acceptors (Lipinski definition) is 3. The van der Waals surface area contributed by atoms with Gasteiger partial charge in [-0.15, -0.1) is 0 Å². The van der Waals surface area contributed by atoms with Crippen LogP contribution in [0.25, 0.3) is 0 Å². The number of hydrogen-bond donors (Lipinski definition) is 1. The fourth-order valence-corrected chi connectivity index (χ4v) is 2.24. The van der Waals surface area contributed by atoms with Crippen LogP contribution in [0.5, 0.6) is 11.5 Å². The minimum Gasteiger partial charge on any atom is -0.496 e. The summed E-state index contributed by atoms with van der Waals surface area (Å²) in [5.74, 6) is 3.03. The summed E-state index contributed by atoms with van der Waals surface area (Å²) in [5, 5.41) is 0. The number of rotatable bonds is 4. The molecule has 0 bridgehead atoms. The molecule has 0 aliphatic heterocycles. The fraction of sp³-hybridized carbons (Fsp3) is 0.538. The number of benzene rings is 1. The van der Waals surface area contributed by atoms with Gasteiger partial charge in [0.25, 0.3) is 0 Å². The van der Waals surface area contributed by atoms with E-state index < -0.39 is 0 Å². The minimum absolute atomic E-state index is 0.591. The SMILES string of the molecule is COc1cc([C@@H]2C[C@H]2CN)cc(OC)c1C. The molecule has 1 fully saturated rings. The lowest BCUT2D eigenvalue weighted by molar-refractivity contribution is 0.388. The second-order valence-electron chi connectivity index (χ2n) is 4.39. The highest BCUT2D eigenvalue weighted by Crippen LogP contribution is 2.48. The predicted molar refractivity (Wildman–Crippen MR) is 64.2 cm³/mol. The van der Waals surface area contributed by atoms with Gasteiger partial charge in [-0.2, -0.15) is 0 Å². The topological polar surface area (TPSA) is 44.5 Å². The predicted octanol–water partition coefficient (Wildman–Crippen LogP) is 2.07. The van der Waals surface area contributed by atoms with Crippen LogP contribution >= 0.6 is 0 Å². The summed E-state index contributed by atoms with van der Waals surface area (Å²) in [6.07, 6.45) is 1.19. The largest absolute Gasteiger partial charge is 0.496 e. The van der Waals surface area contributed by atoms with Crippen molar-refractivity contribution in [3.8, 4) is 11.5 Å². The van der Waals surface area contributed by atoms with E-state index in [0.717, 1.165) is 23.6 Å². The number of methoxy groups -OCH3 is 2. The third kappa shape index (κ3) is 1.87. The van der Waals surface area contributed by atoms with Crippen molar-refractivity contribution in [3.05, 3.63) is 23.3 Å². The maximum atomic E-state index is 5.67. The van der Waals surface area contributed by atoms with Crippen molar-refractivity contribution in [1.29, 1.82) is 0 Å². The molecule has 1 aromatic carbocycles. The van der Waals surface area contributed by atoms with Gasteiger partial charge in [0.1, 0.15) is 11.5 Å². The summed E-state index contributed by atoms with van der Waals surface area (Å²) >= 11 is 0. The van der Waals surface area contributed by atoms with Gasteiger partial charge in [0.2, 0.25) is 0 Å². The molecule has 1 aromatic rings. The fourth-order valence-electron chi connectivity index (χ4n) is 2.24. The maximum absolute atomic E-state index is 5.67. The Balaban J connectivity index is 2.33. The second-order valence-corrected chi connectivity index (χ2v) is 4.39. The Bertz CT molecular complexity index is 365. The van der Waals surface area contributed by atoms with Gasteiger partial charge in [0, 0.05) is 5.56 Å². The number of nitrogens with two attached hydrogens (primary N) is 1. The summed E-state index contributed by atoms with van der Waals surface area (Å²) in [7, 11) is 3.39. The van der Waals surface area contributed by atoms with Crippen molar-refractivity contribution in [3.63, 3.8) is 0 Å². The van der Waals surface area contributed by atoms with E-state index in [1.165, 1.54) is 12.0 Å². The van der Waals surface area contributed by atoms with Crippen LogP contribution in [0, 0.1) is 12.8 Å². The first kappa shape index (κ1) is 11.3. The summed E-state index contributed by atoms with van der Waals surface area (Å²) in [5.41, 5.74) is 8.01. The average Bonchev–Trinajstić information content (AvgIpc) is 3.08. The first-order valence-electron chi connectivity index (χ1n) is 5.63. The monoisotopic (exact) mass is 221 g/mol. The molecule has 0 saturated heterocycles. The molecule has 2 rings (SSSR count). The smallest absolute Gasteiger partial charge is 0.125 e. The first-order valence-corrected chi connectivity index (χ1v) is 5.63. The van der Waals surface area contributed by atoms with Gasteiger partial charge >= 0.3 is 0 Å². The molecule has 1 aliphatic rings. The summed E-state index contributed by atoms with van der Waals surface area (Å²) in [6.45, 7) is 2.78. The standard InChI is InChI=1S/C13H19NO2/c1-8-12(15-2)5-9(6-13(8)16-3)11-4-10(11)7-14/h5-6,10-11H,4,7,14H2,1-3H3/t10-,11-/m0/s1. The van der Waals surface area contributed by atoms with Crippen molar-refractivity contribution in [2.75, 3.05) is 20.8 Å². The Hall–Kier alpha value is -1.22. The van der Waals surface area contributed by atoms with Gasteiger partial charge in [-0.05, 0) is 49.4 Å². The van der Waals surface area contributed by atoms with E-state index >= 15 is 0 Å². The molecular weight excluding hydrogens is 202 g/mol. The second kappa shape index (κ2) is 4.34. The van der Waals surface area contributed by atoms with Crippen molar-refractivity contribution >= 4 is 0 Å². The maximum Gasteiger partial charge on any atom is 0.125 e. The van der Waals surface area contributed by atoms with E-state index in [9.17, 15) is 0 Å². The highest BCUT2D eigenvalue weighted by Gasteiger charge is 2.37. The molecular formula is C13H19NO2. The lowest BCUT2D eigenvalue weighted by atomic mass is 10.0. The molecule has 0 amide bonds. The zero-order chi connectivity index (χ0) is 11.7. The molecule has 3 nitrogen and oxygen atoms in total. The van der Waals surface area contributed by atoms with E-state index in [0.29, 0.717) is 11.8 Å². The van der Waals surface area contributed by atoms with Crippen LogP contribution in [0.15, 0.2) is 12.1 Å². The summed E-state index contributed by atoms with van der Waals surface area (Å²) in [4.78, 5) is 0. The Labute approximate surface area is 96.5 Å². The van der Waals surface area contributed by atoms with Crippen molar-refractivity contribution in [2.45, 2.75) is 19.3 Å². The van der Waals surface area contributed by atoms with Gasteiger partial charge in [0.15, 0.2) is 0 Å². The molecule has 0 unspecified atom stereocenters. The molecule has 0 spiro atoms. The van der Waals surface area contributed by atoms with Gasteiger partial charge in [-0.25, -0.2) is 0 Å². The summed E-state index contributed by atoms with van der Waals surface area (Å²) < 4.78 is 10.7. The van der Waals surface area contributed by atoms with Crippen molar-refractivity contribution < 1.29 is 9.47 Å². The van der Waals surface area contributed by atoms with E-state index in [1.807, 2.05) is 6.92 Å². The van der Waals surface area contributed by atoms with Gasteiger partial charge < -0.3 is 15.2 Å². The van der Waals surface area contributed by atoms with E-state index in [-0.39, 0.29) is 0 Å². The molecule has 1 saturated carbocycles. The van der Waals surface area contributed by atoms with Crippen LogP contribution in [-0.2, 0) is 0 Å². The zero-order valence-electron chi connectivity index (χ0n) is 10.1. The molecule has 0 aromatic heterocycles. The molecule has 16 heavy (non-hydrogen) atoms. The summed E-state index contributed by atoms with van der Waals surface area (Å²) in [6, 6.07) is 4.22. The van der Waals surface area contributed by atoms with Crippen LogP contribution in [0.2, 0.25) is 0 Å². The van der Waals surface area contributed by atoms with Crippen LogP contribution in [0.4, 0.5) is 0 Å². The zero-order valence-corrected chi connectivity index (χ0v) is 10.1. The first-order chi connectivity index (χ1) is 7.71. The van der Waals surface area contributed by atoms with Gasteiger partial charge in [-0.1, -0.05) is 0 Å². The molecule has 2 N–H and O–H groups in total. The Morgan fingerprint density at radius 3 is 2.19 bits per heavy atom. The lowest BCUT2D eigenvalue weighted by Gasteiger charge is -2.12. The molecule has 88 valence electrons. The average molecular weight is 221 g/mol. The molecule has 0 radical (unpaired) electrons. The highest BCUT2D eigenvalue weighted by atomic mass is 16.5. The molecule has 2 atom stereocenters. The Morgan fingerprint density at radius 2 is 1.81 bits per heavy atom. The van der Waals surface area contributed by atoms with Crippen molar-refractivity contribution in [2.24, 2.45) is 11.7 Å². The Kier molecular flexibility index (Phi) is 3.06. The highest BCUT2D eigenvalue weighted by molar-refractivity contribution is 5.49. The van der Waals surface area contributed by atoms with Crippen LogP contribution in [-0.4, -0.2) is 20.8 Å². The van der Waals surface area contributed by atoms with Gasteiger partial charge in [-0.3, -0.25) is 0 Å². The normalized spacial score (nSPS) is 23.0. The van der Waals surface area contributed by atoms with Crippen LogP contribution in [0.3, 0.4) is 0 Å². The van der Waals surface area contributed by atoms with Crippen LogP contribution < -0.4 is 15.2 Å². The van der Waals surface area contributed by atoms with E-state index in [1.54, 1.807) is 14.2 Å². The Morgan fingerprint density at radius 1 is 1.25 bits per heavy atom. The molecule has 0 heterocycles. The third-order valence-corrected chi connectivity index (χ3v) is 3.43. The van der Waals surface area contributed by atoms with E-state index in [2.05, 4.69) is 12.1 Å². The number of ether oxygens (including phenoxy) is 2. The molecule has 3 heteroatoms.